The van der Waals surface area contributed by atoms with Crippen LogP contribution in [0.4, 0.5) is 11.4 Å². The van der Waals surface area contributed by atoms with Gasteiger partial charge in [-0.3, -0.25) is 4.79 Å². The number of anilines is 2. The fourth-order valence-corrected chi connectivity index (χ4v) is 2.03. The Balaban J connectivity index is 2.25. The predicted molar refractivity (Wildman–Crippen MR) is 78.4 cm³/mol. The van der Waals surface area contributed by atoms with Gasteiger partial charge in [0.15, 0.2) is 0 Å². The largest absolute Gasteiger partial charge is 0.397 e. The number of amides is 1. The van der Waals surface area contributed by atoms with Crippen LogP contribution in [0.5, 0.6) is 0 Å². The van der Waals surface area contributed by atoms with Gasteiger partial charge in [-0.05, 0) is 44.5 Å². The second-order valence-electron chi connectivity index (χ2n) is 4.98. The number of hydrogen-bond acceptors (Lipinski definition) is 2. The summed E-state index contributed by atoms with van der Waals surface area (Å²) in [5.74, 6) is -0.143. The van der Waals surface area contributed by atoms with Crippen LogP contribution >= 0.6 is 0 Å². The van der Waals surface area contributed by atoms with Crippen molar-refractivity contribution in [2.75, 3.05) is 11.1 Å². The van der Waals surface area contributed by atoms with E-state index >= 15 is 0 Å². The lowest BCUT2D eigenvalue weighted by molar-refractivity contribution is 0.101. The Bertz CT molecular complexity index is 599. The van der Waals surface area contributed by atoms with Gasteiger partial charge in [0.25, 0.3) is 5.91 Å². The first kappa shape index (κ1) is 13.2. The zero-order chi connectivity index (χ0) is 14.0. The van der Waals surface area contributed by atoms with E-state index in [2.05, 4.69) is 5.32 Å². The molecule has 2 rings (SSSR count). The van der Waals surface area contributed by atoms with Crippen molar-refractivity contribution in [3.05, 3.63) is 47.8 Å². The van der Waals surface area contributed by atoms with Gasteiger partial charge in [0.05, 0.1) is 5.69 Å². The van der Waals surface area contributed by atoms with Gasteiger partial charge in [0.2, 0.25) is 0 Å². The number of nitrogens with one attached hydrogen (secondary N) is 1. The Morgan fingerprint density at radius 3 is 2.68 bits per heavy atom. The van der Waals surface area contributed by atoms with Crippen molar-refractivity contribution in [2.24, 2.45) is 0 Å². The minimum absolute atomic E-state index is 0.143. The van der Waals surface area contributed by atoms with Crippen LogP contribution in [-0.4, -0.2) is 10.5 Å². The normalized spacial score (nSPS) is 10.7. The molecule has 0 bridgehead atoms. The molecule has 0 unspecified atom stereocenters. The maximum absolute atomic E-state index is 12.3. The molecule has 0 spiro atoms. The summed E-state index contributed by atoms with van der Waals surface area (Å²) in [6.07, 6.45) is 1.79. The van der Waals surface area contributed by atoms with Gasteiger partial charge >= 0.3 is 0 Å². The summed E-state index contributed by atoms with van der Waals surface area (Å²) in [6.45, 7) is 6.02. The Morgan fingerprint density at radius 2 is 2.05 bits per heavy atom. The van der Waals surface area contributed by atoms with Crippen molar-refractivity contribution >= 4 is 17.3 Å². The Hall–Kier alpha value is -2.23. The highest BCUT2D eigenvalue weighted by Gasteiger charge is 2.14. The second kappa shape index (κ2) is 5.18. The molecule has 0 fully saturated rings. The van der Waals surface area contributed by atoms with Gasteiger partial charge in [-0.2, -0.15) is 0 Å². The molecule has 19 heavy (non-hydrogen) atoms. The molecule has 4 heteroatoms. The number of carbonyl (C=O) groups is 1. The first-order chi connectivity index (χ1) is 8.97. The van der Waals surface area contributed by atoms with E-state index in [4.69, 9.17) is 5.73 Å². The number of aromatic nitrogens is 1. The summed E-state index contributed by atoms with van der Waals surface area (Å²) in [7, 11) is 0. The first-order valence-corrected chi connectivity index (χ1v) is 6.32. The molecular weight excluding hydrogens is 238 g/mol. The van der Waals surface area contributed by atoms with Crippen molar-refractivity contribution in [1.82, 2.24) is 4.57 Å². The highest BCUT2D eigenvalue weighted by atomic mass is 16.1. The van der Waals surface area contributed by atoms with Crippen LogP contribution < -0.4 is 11.1 Å². The third kappa shape index (κ3) is 2.96. The summed E-state index contributed by atoms with van der Waals surface area (Å²) in [4.78, 5) is 12.3. The fraction of sp³-hybridized carbons (Fsp3) is 0.267. The maximum Gasteiger partial charge on any atom is 0.272 e. The number of nitrogen functional groups attached to an aromatic ring is 1. The van der Waals surface area contributed by atoms with Crippen molar-refractivity contribution in [2.45, 2.75) is 26.8 Å². The number of hydrogen-bond donors (Lipinski definition) is 2. The van der Waals surface area contributed by atoms with E-state index in [0.717, 1.165) is 11.3 Å². The topological polar surface area (TPSA) is 60.1 Å². The summed E-state index contributed by atoms with van der Waals surface area (Å²) < 4.78 is 1.88. The van der Waals surface area contributed by atoms with E-state index in [0.29, 0.717) is 11.4 Å². The molecule has 1 aromatic carbocycles. The Labute approximate surface area is 113 Å². The molecule has 0 aliphatic carbocycles. The molecule has 1 aromatic heterocycles. The summed E-state index contributed by atoms with van der Waals surface area (Å²) >= 11 is 0. The minimum Gasteiger partial charge on any atom is -0.397 e. The van der Waals surface area contributed by atoms with Crippen molar-refractivity contribution < 1.29 is 4.79 Å². The molecular formula is C15H19N3O. The average molecular weight is 257 g/mol. The zero-order valence-corrected chi connectivity index (χ0v) is 11.5. The standard InChI is InChI=1S/C15H19N3O/c1-10(2)18-9-12(16)8-14(18)15(19)17-13-6-4-5-11(3)7-13/h4-10H,16H2,1-3H3,(H,17,19). The highest BCUT2D eigenvalue weighted by Crippen LogP contribution is 2.18. The van der Waals surface area contributed by atoms with Crippen molar-refractivity contribution in [3.63, 3.8) is 0 Å². The molecule has 1 heterocycles. The van der Waals surface area contributed by atoms with Gasteiger partial charge < -0.3 is 15.6 Å². The zero-order valence-electron chi connectivity index (χ0n) is 11.5. The van der Waals surface area contributed by atoms with Crippen LogP contribution in [0.25, 0.3) is 0 Å². The Kier molecular flexibility index (Phi) is 3.60. The number of nitrogens with two attached hydrogens (primary N) is 1. The minimum atomic E-state index is -0.143. The molecule has 100 valence electrons. The number of rotatable bonds is 3. The monoisotopic (exact) mass is 257 g/mol. The van der Waals surface area contributed by atoms with Crippen LogP contribution in [-0.2, 0) is 0 Å². The highest BCUT2D eigenvalue weighted by molar-refractivity contribution is 6.03. The van der Waals surface area contributed by atoms with Crippen LogP contribution in [0.2, 0.25) is 0 Å². The van der Waals surface area contributed by atoms with Crippen molar-refractivity contribution in [1.29, 1.82) is 0 Å². The van der Waals surface area contributed by atoms with Gasteiger partial charge in [0.1, 0.15) is 5.69 Å². The van der Waals surface area contributed by atoms with E-state index in [9.17, 15) is 4.79 Å². The SMILES string of the molecule is Cc1cccc(NC(=O)c2cc(N)cn2C(C)C)c1. The molecule has 0 aliphatic heterocycles. The Morgan fingerprint density at radius 1 is 1.32 bits per heavy atom. The molecule has 0 saturated heterocycles. The number of carbonyl (C=O) groups excluding carboxylic acids is 1. The lowest BCUT2D eigenvalue weighted by Crippen LogP contribution is -2.17. The first-order valence-electron chi connectivity index (χ1n) is 6.32. The van der Waals surface area contributed by atoms with Crippen LogP contribution in [0.1, 0.15) is 35.9 Å². The maximum atomic E-state index is 12.3. The summed E-state index contributed by atoms with van der Waals surface area (Å²) in [5, 5.41) is 2.89. The quantitative estimate of drug-likeness (QED) is 0.887. The van der Waals surface area contributed by atoms with Crippen LogP contribution in [0.3, 0.4) is 0 Å². The summed E-state index contributed by atoms with van der Waals surface area (Å²) in [5.41, 5.74) is 8.85. The van der Waals surface area contributed by atoms with E-state index in [-0.39, 0.29) is 11.9 Å². The van der Waals surface area contributed by atoms with Crippen molar-refractivity contribution in [3.8, 4) is 0 Å². The van der Waals surface area contributed by atoms with E-state index in [1.807, 2.05) is 49.6 Å². The second-order valence-corrected chi connectivity index (χ2v) is 4.98. The average Bonchev–Trinajstić information content (AvgIpc) is 2.71. The number of aryl methyl sites for hydroxylation is 1. The molecule has 3 N–H and O–H groups in total. The predicted octanol–water partition coefficient (Wildman–Crippen LogP) is 3.21. The lowest BCUT2D eigenvalue weighted by atomic mass is 10.2. The van der Waals surface area contributed by atoms with Gasteiger partial charge in [-0.15, -0.1) is 0 Å². The summed E-state index contributed by atoms with van der Waals surface area (Å²) in [6, 6.07) is 9.60. The molecule has 0 saturated carbocycles. The number of nitrogens with zero attached hydrogens (tertiary/aromatic N) is 1. The molecule has 0 radical (unpaired) electrons. The molecule has 0 aliphatic rings. The smallest absolute Gasteiger partial charge is 0.272 e. The van der Waals surface area contributed by atoms with E-state index in [1.54, 1.807) is 12.3 Å². The van der Waals surface area contributed by atoms with E-state index < -0.39 is 0 Å². The third-order valence-corrected chi connectivity index (χ3v) is 2.93. The van der Waals surface area contributed by atoms with Gasteiger partial charge in [0, 0.05) is 17.9 Å². The van der Waals surface area contributed by atoms with Gasteiger partial charge in [-0.1, -0.05) is 12.1 Å². The van der Waals surface area contributed by atoms with Gasteiger partial charge in [-0.25, -0.2) is 0 Å². The lowest BCUT2D eigenvalue weighted by Gasteiger charge is -2.12. The number of benzene rings is 1. The van der Waals surface area contributed by atoms with Crippen LogP contribution in [0.15, 0.2) is 36.5 Å². The molecule has 1 amide bonds. The van der Waals surface area contributed by atoms with E-state index in [1.165, 1.54) is 0 Å². The molecule has 4 nitrogen and oxygen atoms in total. The van der Waals surface area contributed by atoms with Crippen LogP contribution in [0, 0.1) is 6.92 Å². The third-order valence-electron chi connectivity index (χ3n) is 2.93. The fourth-order valence-electron chi connectivity index (χ4n) is 2.03. The molecule has 0 atom stereocenters. The molecule has 2 aromatic rings.